The number of fused-ring (bicyclic) bond motifs is 2. The van der Waals surface area contributed by atoms with Crippen LogP contribution in [0.15, 0.2) is 24.3 Å². The van der Waals surface area contributed by atoms with Crippen molar-refractivity contribution in [1.82, 2.24) is 0 Å². The van der Waals surface area contributed by atoms with Crippen LogP contribution in [0.3, 0.4) is 0 Å². The average molecular weight is 468 g/mol. The molecule has 4 rings (SSSR count). The number of carbonyl (C=O) groups is 1. The summed E-state index contributed by atoms with van der Waals surface area (Å²) in [7, 11) is 0. The maximum Gasteiger partial charge on any atom is 0.324 e. The molecular weight excluding hydrogens is 439 g/mol. The molecule has 3 aliphatic rings. The van der Waals surface area contributed by atoms with Crippen LogP contribution in [0.1, 0.15) is 64.7 Å². The van der Waals surface area contributed by atoms with E-state index in [0.29, 0.717) is 5.75 Å². The minimum absolute atomic E-state index is 0.0492. The fourth-order valence-corrected chi connectivity index (χ4v) is 5.70. The second-order valence-corrected chi connectivity index (χ2v) is 9.93. The second-order valence-electron chi connectivity index (χ2n) is 8.42. The van der Waals surface area contributed by atoms with E-state index in [-0.39, 0.29) is 15.5 Å². The molecule has 3 fully saturated rings. The zero-order chi connectivity index (χ0) is 18.1. The molecule has 1 aromatic rings. The molecular formula is C22H29IO3. The Morgan fingerprint density at radius 1 is 1.15 bits per heavy atom. The van der Waals surface area contributed by atoms with Gasteiger partial charge >= 0.3 is 5.97 Å². The first-order valence-electron chi connectivity index (χ1n) is 10.2. The number of rotatable bonds is 6. The number of hydrogen-bond acceptors (Lipinski definition) is 3. The van der Waals surface area contributed by atoms with Crippen molar-refractivity contribution in [2.24, 2.45) is 17.8 Å². The normalized spacial score (nSPS) is 30.3. The number of benzene rings is 1. The minimum Gasteiger partial charge on any atom is -0.487 e. The molecule has 142 valence electrons. The summed E-state index contributed by atoms with van der Waals surface area (Å²) in [5.74, 6) is 3.94. The molecule has 26 heavy (non-hydrogen) atoms. The van der Waals surface area contributed by atoms with E-state index >= 15 is 0 Å². The predicted octanol–water partition coefficient (Wildman–Crippen LogP) is 5.93. The summed E-state index contributed by atoms with van der Waals surface area (Å²) in [5, 5.41) is 0. The molecule has 4 unspecified atom stereocenters. The van der Waals surface area contributed by atoms with Crippen molar-refractivity contribution in [3.8, 4) is 11.5 Å². The Labute approximate surface area is 170 Å². The highest BCUT2D eigenvalue weighted by Gasteiger charge is 2.53. The Kier molecular flexibility index (Phi) is 5.49. The van der Waals surface area contributed by atoms with Gasteiger partial charge in [-0.05, 0) is 87.5 Å². The van der Waals surface area contributed by atoms with Crippen LogP contribution < -0.4 is 9.47 Å². The number of alkyl halides is 1. The van der Waals surface area contributed by atoms with Gasteiger partial charge in [0.2, 0.25) is 0 Å². The molecule has 0 heterocycles. The van der Waals surface area contributed by atoms with Crippen LogP contribution >= 0.6 is 22.6 Å². The molecule has 4 atom stereocenters. The Morgan fingerprint density at radius 2 is 1.85 bits per heavy atom. The van der Waals surface area contributed by atoms with E-state index in [2.05, 4.69) is 22.6 Å². The van der Waals surface area contributed by atoms with Crippen molar-refractivity contribution in [1.29, 1.82) is 0 Å². The smallest absolute Gasteiger partial charge is 0.324 e. The Hall–Kier alpha value is -0.780. The zero-order valence-electron chi connectivity index (χ0n) is 15.6. The SMILES string of the molecule is CCC(I)C(=O)Oc1ccc(OC2(C3CC4CCC3C4)CCCC2)cc1. The molecule has 3 saturated carbocycles. The zero-order valence-corrected chi connectivity index (χ0v) is 17.7. The van der Waals surface area contributed by atoms with Gasteiger partial charge in [-0.15, -0.1) is 0 Å². The standard InChI is InChI=1S/C22H29IO3/c1-2-20(23)21(24)25-17-7-9-18(10-8-17)26-22(11-3-4-12-22)19-14-15-5-6-16(19)13-15/h7-10,15-16,19-20H,2-6,11-14H2,1H3. The molecule has 2 bridgehead atoms. The first-order chi connectivity index (χ1) is 12.6. The van der Waals surface area contributed by atoms with Gasteiger partial charge in [0.15, 0.2) is 0 Å². The van der Waals surface area contributed by atoms with Gasteiger partial charge in [0.05, 0.1) is 0 Å². The number of esters is 1. The lowest BCUT2D eigenvalue weighted by Crippen LogP contribution is -2.43. The molecule has 0 amide bonds. The molecule has 3 aliphatic carbocycles. The summed E-state index contributed by atoms with van der Waals surface area (Å²) in [5.41, 5.74) is 0.0492. The van der Waals surface area contributed by atoms with Crippen LogP contribution in [-0.2, 0) is 4.79 Å². The highest BCUT2D eigenvalue weighted by atomic mass is 127. The first-order valence-corrected chi connectivity index (χ1v) is 11.5. The van der Waals surface area contributed by atoms with E-state index in [1.54, 1.807) is 0 Å². The van der Waals surface area contributed by atoms with Crippen LogP contribution in [0.2, 0.25) is 0 Å². The maximum atomic E-state index is 11.9. The van der Waals surface area contributed by atoms with Gasteiger partial charge in [-0.3, -0.25) is 4.79 Å². The van der Waals surface area contributed by atoms with E-state index in [1.165, 1.54) is 51.4 Å². The van der Waals surface area contributed by atoms with E-state index in [9.17, 15) is 4.79 Å². The topological polar surface area (TPSA) is 35.5 Å². The van der Waals surface area contributed by atoms with Gasteiger partial charge in [0.25, 0.3) is 0 Å². The molecule has 0 saturated heterocycles. The lowest BCUT2D eigenvalue weighted by Gasteiger charge is -2.40. The second kappa shape index (κ2) is 7.69. The number of hydrogen-bond donors (Lipinski definition) is 0. The van der Waals surface area contributed by atoms with Crippen molar-refractivity contribution in [2.45, 2.75) is 74.2 Å². The Balaban J connectivity index is 1.44. The summed E-state index contributed by atoms with van der Waals surface area (Å²) in [6.07, 6.45) is 11.4. The summed E-state index contributed by atoms with van der Waals surface area (Å²) in [6.45, 7) is 1.99. The van der Waals surface area contributed by atoms with Gasteiger partial charge < -0.3 is 9.47 Å². The monoisotopic (exact) mass is 468 g/mol. The van der Waals surface area contributed by atoms with Crippen LogP contribution in [0.5, 0.6) is 11.5 Å². The van der Waals surface area contributed by atoms with E-state index in [1.807, 2.05) is 31.2 Å². The molecule has 0 radical (unpaired) electrons. The summed E-state index contributed by atoms with van der Waals surface area (Å²) >= 11 is 2.13. The fourth-order valence-electron chi connectivity index (χ4n) is 5.57. The van der Waals surface area contributed by atoms with E-state index in [4.69, 9.17) is 9.47 Å². The van der Waals surface area contributed by atoms with Crippen LogP contribution in [0.25, 0.3) is 0 Å². The molecule has 3 nitrogen and oxygen atoms in total. The Bertz CT molecular complexity index is 635. The van der Waals surface area contributed by atoms with Crippen LogP contribution in [0, 0.1) is 17.8 Å². The Morgan fingerprint density at radius 3 is 2.42 bits per heavy atom. The lowest BCUT2D eigenvalue weighted by molar-refractivity contribution is -0.133. The third-order valence-electron chi connectivity index (χ3n) is 6.84. The van der Waals surface area contributed by atoms with E-state index < -0.39 is 0 Å². The van der Waals surface area contributed by atoms with Gasteiger partial charge in [-0.2, -0.15) is 0 Å². The van der Waals surface area contributed by atoms with Crippen molar-refractivity contribution in [3.63, 3.8) is 0 Å². The number of halogens is 1. The minimum atomic E-state index is -0.170. The van der Waals surface area contributed by atoms with Gasteiger partial charge in [0, 0.05) is 5.92 Å². The highest BCUT2D eigenvalue weighted by molar-refractivity contribution is 14.1. The van der Waals surface area contributed by atoms with Gasteiger partial charge in [-0.1, -0.05) is 35.9 Å². The average Bonchev–Trinajstić information content (AvgIpc) is 3.40. The summed E-state index contributed by atoms with van der Waals surface area (Å²) in [6, 6.07) is 7.69. The predicted molar refractivity (Wildman–Crippen MR) is 111 cm³/mol. The third kappa shape index (κ3) is 3.63. The lowest BCUT2D eigenvalue weighted by atomic mass is 9.75. The number of carbonyl (C=O) groups excluding carboxylic acids is 1. The molecule has 0 aromatic heterocycles. The molecule has 4 heteroatoms. The first kappa shape index (κ1) is 18.6. The third-order valence-corrected chi connectivity index (χ3v) is 8.23. The number of ether oxygens (including phenoxy) is 2. The van der Waals surface area contributed by atoms with Crippen LogP contribution in [-0.4, -0.2) is 15.5 Å². The van der Waals surface area contributed by atoms with Gasteiger partial charge in [0.1, 0.15) is 21.0 Å². The summed E-state index contributed by atoms with van der Waals surface area (Å²) < 4.78 is 12.0. The van der Waals surface area contributed by atoms with Crippen molar-refractivity contribution < 1.29 is 14.3 Å². The van der Waals surface area contributed by atoms with Crippen molar-refractivity contribution in [2.75, 3.05) is 0 Å². The highest BCUT2D eigenvalue weighted by Crippen LogP contribution is 2.56. The maximum absolute atomic E-state index is 11.9. The molecule has 1 aromatic carbocycles. The molecule has 0 spiro atoms. The molecule has 0 N–H and O–H groups in total. The van der Waals surface area contributed by atoms with Crippen molar-refractivity contribution in [3.05, 3.63) is 24.3 Å². The quantitative estimate of drug-likeness (QED) is 0.225. The van der Waals surface area contributed by atoms with E-state index in [0.717, 1.165) is 29.9 Å². The summed E-state index contributed by atoms with van der Waals surface area (Å²) in [4.78, 5) is 11.9. The fraction of sp³-hybridized carbons (Fsp3) is 0.682. The molecule has 0 aliphatic heterocycles. The largest absolute Gasteiger partial charge is 0.487 e. The van der Waals surface area contributed by atoms with Crippen molar-refractivity contribution >= 4 is 28.6 Å². The van der Waals surface area contributed by atoms with Gasteiger partial charge in [-0.25, -0.2) is 0 Å². The van der Waals surface area contributed by atoms with Crippen LogP contribution in [0.4, 0.5) is 0 Å².